The fraction of sp³-hybridized carbons (Fsp3) is 0.296. The summed E-state index contributed by atoms with van der Waals surface area (Å²) >= 11 is 0. The first-order valence-electron chi connectivity index (χ1n) is 11.1. The molecule has 0 bridgehead atoms. The third-order valence-corrected chi connectivity index (χ3v) is 6.03. The van der Waals surface area contributed by atoms with Crippen molar-refractivity contribution in [3.8, 4) is 22.6 Å². The van der Waals surface area contributed by atoms with Crippen LogP contribution < -0.4 is 14.8 Å². The standard InChI is InChI=1S/C27H30N2O3/c1-31-23-13-9-20(10-14-23)18-29-17-5-6-22(19-29)27(30)28-26-8-4-3-7-25(26)21-11-15-24(32-2)16-12-21/h3-4,7-16,22H,5-6,17-19H2,1-2H3,(H,28,30). The number of anilines is 1. The van der Waals surface area contributed by atoms with Gasteiger partial charge in [-0.3, -0.25) is 9.69 Å². The number of rotatable bonds is 7. The highest BCUT2D eigenvalue weighted by Crippen LogP contribution is 2.30. The van der Waals surface area contributed by atoms with E-state index in [1.165, 1.54) is 5.56 Å². The highest BCUT2D eigenvalue weighted by Gasteiger charge is 2.26. The molecule has 3 aromatic carbocycles. The lowest BCUT2D eigenvalue weighted by molar-refractivity contribution is -0.121. The molecule has 1 heterocycles. The molecule has 1 aliphatic heterocycles. The molecule has 0 saturated carbocycles. The van der Waals surface area contributed by atoms with Gasteiger partial charge in [0, 0.05) is 24.3 Å². The number of carbonyl (C=O) groups excluding carboxylic acids is 1. The van der Waals surface area contributed by atoms with E-state index in [-0.39, 0.29) is 11.8 Å². The molecule has 4 rings (SSSR count). The van der Waals surface area contributed by atoms with E-state index in [2.05, 4.69) is 22.3 Å². The van der Waals surface area contributed by atoms with E-state index in [1.54, 1.807) is 14.2 Å². The van der Waals surface area contributed by atoms with Crippen molar-refractivity contribution in [1.82, 2.24) is 4.90 Å². The Kier molecular flexibility index (Phi) is 7.07. The van der Waals surface area contributed by atoms with E-state index in [4.69, 9.17) is 9.47 Å². The molecule has 1 N–H and O–H groups in total. The van der Waals surface area contributed by atoms with Crippen LogP contribution in [0.3, 0.4) is 0 Å². The van der Waals surface area contributed by atoms with E-state index in [1.807, 2.05) is 60.7 Å². The van der Waals surface area contributed by atoms with Crippen LogP contribution in [0.15, 0.2) is 72.8 Å². The molecule has 1 unspecified atom stereocenters. The number of hydrogen-bond donors (Lipinski definition) is 1. The summed E-state index contributed by atoms with van der Waals surface area (Å²) in [5.74, 6) is 1.74. The molecule has 5 nitrogen and oxygen atoms in total. The van der Waals surface area contributed by atoms with E-state index in [9.17, 15) is 4.79 Å². The SMILES string of the molecule is COc1ccc(CN2CCCC(C(=O)Nc3ccccc3-c3ccc(OC)cc3)C2)cc1. The second kappa shape index (κ2) is 10.3. The number of methoxy groups -OCH3 is 2. The maximum atomic E-state index is 13.2. The van der Waals surface area contributed by atoms with Gasteiger partial charge in [0.2, 0.25) is 5.91 Å². The van der Waals surface area contributed by atoms with Crippen LogP contribution in [0.5, 0.6) is 11.5 Å². The zero-order valence-electron chi connectivity index (χ0n) is 18.7. The quantitative estimate of drug-likeness (QED) is 0.558. The molecular formula is C27H30N2O3. The fourth-order valence-corrected chi connectivity index (χ4v) is 4.25. The van der Waals surface area contributed by atoms with Crippen LogP contribution in [-0.4, -0.2) is 38.1 Å². The van der Waals surface area contributed by atoms with Gasteiger partial charge in [0.15, 0.2) is 0 Å². The Balaban J connectivity index is 1.42. The number of para-hydroxylation sites is 1. The zero-order chi connectivity index (χ0) is 22.3. The summed E-state index contributed by atoms with van der Waals surface area (Å²) in [7, 11) is 3.33. The molecule has 1 atom stereocenters. The smallest absolute Gasteiger partial charge is 0.228 e. The Hall–Kier alpha value is -3.31. The Morgan fingerprint density at radius 1 is 0.938 bits per heavy atom. The summed E-state index contributed by atoms with van der Waals surface area (Å²) in [6.07, 6.45) is 1.93. The average Bonchev–Trinajstić information content (AvgIpc) is 2.85. The third kappa shape index (κ3) is 5.29. The van der Waals surface area contributed by atoms with Gasteiger partial charge in [-0.1, -0.05) is 42.5 Å². The molecule has 0 aliphatic carbocycles. The Labute approximate surface area is 190 Å². The summed E-state index contributed by atoms with van der Waals surface area (Å²) < 4.78 is 10.5. The average molecular weight is 431 g/mol. The molecule has 0 radical (unpaired) electrons. The van der Waals surface area contributed by atoms with Gasteiger partial charge in [-0.05, 0) is 60.8 Å². The molecule has 5 heteroatoms. The minimum absolute atomic E-state index is 0.0223. The van der Waals surface area contributed by atoms with Crippen LogP contribution in [0, 0.1) is 5.92 Å². The topological polar surface area (TPSA) is 50.8 Å². The lowest BCUT2D eigenvalue weighted by Crippen LogP contribution is -2.40. The lowest BCUT2D eigenvalue weighted by atomic mass is 9.96. The van der Waals surface area contributed by atoms with Crippen molar-refractivity contribution >= 4 is 11.6 Å². The van der Waals surface area contributed by atoms with E-state index in [0.29, 0.717) is 0 Å². The van der Waals surface area contributed by atoms with Crippen LogP contribution in [0.25, 0.3) is 11.1 Å². The third-order valence-electron chi connectivity index (χ3n) is 6.03. The summed E-state index contributed by atoms with van der Waals surface area (Å²) in [6, 6.07) is 24.0. The zero-order valence-corrected chi connectivity index (χ0v) is 18.7. The first kappa shape index (κ1) is 21.9. The van der Waals surface area contributed by atoms with Crippen LogP contribution in [-0.2, 0) is 11.3 Å². The van der Waals surface area contributed by atoms with Gasteiger partial charge < -0.3 is 14.8 Å². The number of nitrogens with one attached hydrogen (secondary N) is 1. The molecule has 32 heavy (non-hydrogen) atoms. The van der Waals surface area contributed by atoms with Crippen LogP contribution in [0.1, 0.15) is 18.4 Å². The van der Waals surface area contributed by atoms with Crippen molar-refractivity contribution in [2.75, 3.05) is 32.6 Å². The summed E-state index contributed by atoms with van der Waals surface area (Å²) in [4.78, 5) is 15.5. The molecular weight excluding hydrogens is 400 g/mol. The molecule has 166 valence electrons. The van der Waals surface area contributed by atoms with Crippen molar-refractivity contribution in [3.63, 3.8) is 0 Å². The second-order valence-electron chi connectivity index (χ2n) is 8.19. The molecule has 1 aliphatic rings. The number of hydrogen-bond acceptors (Lipinski definition) is 4. The van der Waals surface area contributed by atoms with Gasteiger partial charge in [0.1, 0.15) is 11.5 Å². The molecule has 0 spiro atoms. The largest absolute Gasteiger partial charge is 0.497 e. The normalized spacial score (nSPS) is 16.4. The Morgan fingerprint density at radius 2 is 1.59 bits per heavy atom. The van der Waals surface area contributed by atoms with Crippen molar-refractivity contribution in [3.05, 3.63) is 78.4 Å². The van der Waals surface area contributed by atoms with E-state index in [0.717, 1.165) is 60.8 Å². The first-order valence-corrected chi connectivity index (χ1v) is 11.1. The highest BCUT2D eigenvalue weighted by atomic mass is 16.5. The van der Waals surface area contributed by atoms with Crippen LogP contribution >= 0.6 is 0 Å². The number of benzene rings is 3. The summed E-state index contributed by atoms with van der Waals surface area (Å²) in [5.41, 5.74) is 4.13. The minimum Gasteiger partial charge on any atom is -0.497 e. The van der Waals surface area contributed by atoms with Gasteiger partial charge in [-0.2, -0.15) is 0 Å². The summed E-state index contributed by atoms with van der Waals surface area (Å²) in [6.45, 7) is 2.62. The summed E-state index contributed by atoms with van der Waals surface area (Å²) in [5, 5.41) is 3.19. The van der Waals surface area contributed by atoms with Crippen LogP contribution in [0.4, 0.5) is 5.69 Å². The maximum absolute atomic E-state index is 13.2. The number of ether oxygens (including phenoxy) is 2. The molecule has 1 saturated heterocycles. The van der Waals surface area contributed by atoms with Gasteiger partial charge in [0.05, 0.1) is 20.1 Å². The number of amides is 1. The molecule has 3 aromatic rings. The number of carbonyl (C=O) groups is 1. The van der Waals surface area contributed by atoms with Gasteiger partial charge in [-0.15, -0.1) is 0 Å². The maximum Gasteiger partial charge on any atom is 0.228 e. The van der Waals surface area contributed by atoms with Crippen molar-refractivity contribution in [2.45, 2.75) is 19.4 Å². The van der Waals surface area contributed by atoms with Gasteiger partial charge >= 0.3 is 0 Å². The Bertz CT molecular complexity index is 1030. The number of piperidine rings is 1. The predicted octanol–water partition coefficient (Wildman–Crippen LogP) is 5.22. The van der Waals surface area contributed by atoms with E-state index < -0.39 is 0 Å². The van der Waals surface area contributed by atoms with Gasteiger partial charge in [-0.25, -0.2) is 0 Å². The monoisotopic (exact) mass is 430 g/mol. The van der Waals surface area contributed by atoms with Crippen molar-refractivity contribution in [1.29, 1.82) is 0 Å². The molecule has 1 fully saturated rings. The lowest BCUT2D eigenvalue weighted by Gasteiger charge is -2.32. The van der Waals surface area contributed by atoms with Crippen LogP contribution in [0.2, 0.25) is 0 Å². The Morgan fingerprint density at radius 3 is 2.28 bits per heavy atom. The fourth-order valence-electron chi connectivity index (χ4n) is 4.25. The molecule has 1 amide bonds. The number of nitrogens with zero attached hydrogens (tertiary/aromatic N) is 1. The minimum atomic E-state index is -0.0223. The number of likely N-dealkylation sites (tertiary alicyclic amines) is 1. The highest BCUT2D eigenvalue weighted by molar-refractivity contribution is 5.97. The van der Waals surface area contributed by atoms with E-state index >= 15 is 0 Å². The molecule has 0 aromatic heterocycles. The van der Waals surface area contributed by atoms with Crippen molar-refractivity contribution in [2.24, 2.45) is 5.92 Å². The van der Waals surface area contributed by atoms with Gasteiger partial charge in [0.25, 0.3) is 0 Å². The second-order valence-corrected chi connectivity index (χ2v) is 8.19. The first-order chi connectivity index (χ1) is 15.7. The predicted molar refractivity (Wildman–Crippen MR) is 128 cm³/mol. The van der Waals surface area contributed by atoms with Crippen molar-refractivity contribution < 1.29 is 14.3 Å².